The zero-order chi connectivity index (χ0) is 18.7. The standard InChI is InChI=1S/C20H18ClNO4/c1-13(19(24)14-4-8-16(21)9-5-14)26-20(25)15-6-10-17(11-7-15)22-12-2-3-18(22)23/h4-11,13H,2-3,12H2,1H3. The SMILES string of the molecule is CC(OC(=O)c1ccc(N2CCCC2=O)cc1)C(=O)c1ccc(Cl)cc1. The average molecular weight is 372 g/mol. The molecule has 1 atom stereocenters. The van der Waals surface area contributed by atoms with Gasteiger partial charge in [-0.3, -0.25) is 9.59 Å². The highest BCUT2D eigenvalue weighted by Gasteiger charge is 2.23. The third-order valence-corrected chi connectivity index (χ3v) is 4.52. The Bertz CT molecular complexity index is 830. The van der Waals surface area contributed by atoms with E-state index < -0.39 is 12.1 Å². The van der Waals surface area contributed by atoms with E-state index in [4.69, 9.17) is 16.3 Å². The molecular weight excluding hydrogens is 354 g/mol. The molecule has 6 heteroatoms. The number of carbonyl (C=O) groups excluding carboxylic acids is 3. The molecule has 1 fully saturated rings. The zero-order valence-electron chi connectivity index (χ0n) is 14.3. The Morgan fingerprint density at radius 3 is 2.23 bits per heavy atom. The summed E-state index contributed by atoms with van der Waals surface area (Å²) in [6.07, 6.45) is 0.477. The Kier molecular flexibility index (Phi) is 5.38. The van der Waals surface area contributed by atoms with Gasteiger partial charge in [-0.05, 0) is 61.9 Å². The van der Waals surface area contributed by atoms with Gasteiger partial charge in [0.05, 0.1) is 5.56 Å². The smallest absolute Gasteiger partial charge is 0.338 e. The van der Waals surface area contributed by atoms with E-state index in [-0.39, 0.29) is 11.7 Å². The maximum atomic E-state index is 12.3. The molecule has 1 saturated heterocycles. The van der Waals surface area contributed by atoms with E-state index in [0.717, 1.165) is 12.1 Å². The van der Waals surface area contributed by atoms with Gasteiger partial charge in [0.2, 0.25) is 11.7 Å². The lowest BCUT2D eigenvalue weighted by Gasteiger charge is -2.16. The van der Waals surface area contributed by atoms with Crippen LogP contribution in [0.5, 0.6) is 0 Å². The summed E-state index contributed by atoms with van der Waals surface area (Å²) in [5.41, 5.74) is 1.52. The van der Waals surface area contributed by atoms with Gasteiger partial charge in [-0.1, -0.05) is 11.6 Å². The van der Waals surface area contributed by atoms with Crippen molar-refractivity contribution in [1.82, 2.24) is 0 Å². The lowest BCUT2D eigenvalue weighted by atomic mass is 10.1. The molecule has 0 aromatic heterocycles. The molecular formula is C20H18ClNO4. The summed E-state index contributed by atoms with van der Waals surface area (Å²) in [5.74, 6) is -0.795. The van der Waals surface area contributed by atoms with E-state index in [0.29, 0.717) is 29.1 Å². The van der Waals surface area contributed by atoms with Crippen LogP contribution in [0.2, 0.25) is 5.02 Å². The summed E-state index contributed by atoms with van der Waals surface area (Å²) in [5, 5.41) is 0.530. The highest BCUT2D eigenvalue weighted by Crippen LogP contribution is 2.22. The molecule has 0 aliphatic carbocycles. The normalized spacial score (nSPS) is 15.0. The summed E-state index contributed by atoms with van der Waals surface area (Å²) in [7, 11) is 0. The van der Waals surface area contributed by atoms with Crippen LogP contribution >= 0.6 is 11.6 Å². The van der Waals surface area contributed by atoms with Gasteiger partial charge in [0, 0.05) is 29.2 Å². The molecule has 0 N–H and O–H groups in total. The quantitative estimate of drug-likeness (QED) is 0.590. The lowest BCUT2D eigenvalue weighted by molar-refractivity contribution is -0.117. The monoisotopic (exact) mass is 371 g/mol. The first kappa shape index (κ1) is 18.1. The van der Waals surface area contributed by atoms with Crippen molar-refractivity contribution in [3.63, 3.8) is 0 Å². The van der Waals surface area contributed by atoms with Crippen LogP contribution in [0.25, 0.3) is 0 Å². The van der Waals surface area contributed by atoms with Gasteiger partial charge in [0.1, 0.15) is 0 Å². The Labute approximate surface area is 156 Å². The van der Waals surface area contributed by atoms with Crippen LogP contribution in [0.15, 0.2) is 48.5 Å². The van der Waals surface area contributed by atoms with E-state index in [2.05, 4.69) is 0 Å². The van der Waals surface area contributed by atoms with E-state index in [1.165, 1.54) is 6.92 Å². The summed E-state index contributed by atoms with van der Waals surface area (Å²) in [6, 6.07) is 13.0. The highest BCUT2D eigenvalue weighted by molar-refractivity contribution is 6.30. The fourth-order valence-corrected chi connectivity index (χ4v) is 2.96. The number of hydrogen-bond donors (Lipinski definition) is 0. The molecule has 26 heavy (non-hydrogen) atoms. The first-order valence-corrected chi connectivity index (χ1v) is 8.74. The number of ether oxygens (including phenoxy) is 1. The number of hydrogen-bond acceptors (Lipinski definition) is 4. The Hall–Kier alpha value is -2.66. The van der Waals surface area contributed by atoms with Crippen LogP contribution in [0.1, 0.15) is 40.5 Å². The first-order chi connectivity index (χ1) is 12.5. The van der Waals surface area contributed by atoms with Crippen molar-refractivity contribution in [3.05, 3.63) is 64.7 Å². The fourth-order valence-electron chi connectivity index (χ4n) is 2.83. The number of esters is 1. The minimum Gasteiger partial charge on any atom is -0.451 e. The minimum atomic E-state index is -0.913. The van der Waals surface area contributed by atoms with Crippen molar-refractivity contribution in [2.75, 3.05) is 11.4 Å². The highest BCUT2D eigenvalue weighted by atomic mass is 35.5. The van der Waals surface area contributed by atoms with E-state index in [1.54, 1.807) is 53.4 Å². The fraction of sp³-hybridized carbons (Fsp3) is 0.250. The third kappa shape index (κ3) is 3.94. The Morgan fingerprint density at radius 1 is 1.04 bits per heavy atom. The van der Waals surface area contributed by atoms with Gasteiger partial charge in [-0.2, -0.15) is 0 Å². The molecule has 2 aromatic carbocycles. The lowest BCUT2D eigenvalue weighted by Crippen LogP contribution is -2.25. The number of halogens is 1. The molecule has 1 aliphatic heterocycles. The zero-order valence-corrected chi connectivity index (χ0v) is 15.0. The van der Waals surface area contributed by atoms with Gasteiger partial charge in [-0.15, -0.1) is 0 Å². The van der Waals surface area contributed by atoms with Crippen LogP contribution in [-0.2, 0) is 9.53 Å². The van der Waals surface area contributed by atoms with Gasteiger partial charge >= 0.3 is 5.97 Å². The topological polar surface area (TPSA) is 63.7 Å². The number of rotatable bonds is 5. The number of anilines is 1. The predicted molar refractivity (Wildman–Crippen MR) is 98.7 cm³/mol. The van der Waals surface area contributed by atoms with E-state index >= 15 is 0 Å². The second kappa shape index (κ2) is 7.70. The molecule has 3 rings (SSSR count). The largest absolute Gasteiger partial charge is 0.451 e. The number of amides is 1. The van der Waals surface area contributed by atoms with Crippen molar-refractivity contribution in [2.24, 2.45) is 0 Å². The van der Waals surface area contributed by atoms with Crippen LogP contribution in [0, 0.1) is 0 Å². The van der Waals surface area contributed by atoms with E-state index in [1.807, 2.05) is 0 Å². The van der Waals surface area contributed by atoms with Gasteiger partial charge in [-0.25, -0.2) is 4.79 Å². The molecule has 5 nitrogen and oxygen atoms in total. The second-order valence-corrected chi connectivity index (χ2v) is 6.55. The van der Waals surface area contributed by atoms with Crippen molar-refractivity contribution in [3.8, 4) is 0 Å². The van der Waals surface area contributed by atoms with Crippen molar-refractivity contribution in [2.45, 2.75) is 25.9 Å². The average Bonchev–Trinajstić information content (AvgIpc) is 3.07. The predicted octanol–water partition coefficient (Wildman–Crippen LogP) is 3.90. The molecule has 134 valence electrons. The van der Waals surface area contributed by atoms with Crippen LogP contribution in [-0.4, -0.2) is 30.3 Å². The Morgan fingerprint density at radius 2 is 1.65 bits per heavy atom. The number of benzene rings is 2. The second-order valence-electron chi connectivity index (χ2n) is 6.11. The Balaban J connectivity index is 1.64. The molecule has 0 saturated carbocycles. The maximum absolute atomic E-state index is 12.3. The molecule has 1 heterocycles. The van der Waals surface area contributed by atoms with Crippen LogP contribution in [0.4, 0.5) is 5.69 Å². The molecule has 0 bridgehead atoms. The molecule has 1 amide bonds. The molecule has 1 aliphatic rings. The minimum absolute atomic E-state index is 0.0857. The van der Waals surface area contributed by atoms with Crippen molar-refractivity contribution < 1.29 is 19.1 Å². The number of Topliss-reactive ketones (excluding diaryl/α,β-unsaturated/α-hetero) is 1. The van der Waals surface area contributed by atoms with Gasteiger partial charge in [0.15, 0.2) is 6.10 Å². The summed E-state index contributed by atoms with van der Waals surface area (Å²) in [4.78, 5) is 38.0. The molecule has 2 aromatic rings. The maximum Gasteiger partial charge on any atom is 0.338 e. The number of nitrogens with zero attached hydrogens (tertiary/aromatic N) is 1. The molecule has 0 spiro atoms. The first-order valence-electron chi connectivity index (χ1n) is 8.37. The summed E-state index contributed by atoms with van der Waals surface area (Å²) < 4.78 is 5.27. The van der Waals surface area contributed by atoms with Crippen molar-refractivity contribution >= 4 is 34.9 Å². The van der Waals surface area contributed by atoms with Gasteiger partial charge < -0.3 is 9.64 Å². The third-order valence-electron chi connectivity index (χ3n) is 4.27. The molecule has 1 unspecified atom stereocenters. The van der Waals surface area contributed by atoms with Crippen LogP contribution < -0.4 is 4.90 Å². The number of ketones is 1. The molecule has 0 radical (unpaired) electrons. The van der Waals surface area contributed by atoms with Gasteiger partial charge in [0.25, 0.3) is 0 Å². The van der Waals surface area contributed by atoms with E-state index in [9.17, 15) is 14.4 Å². The van der Waals surface area contributed by atoms with Crippen LogP contribution in [0.3, 0.4) is 0 Å². The summed E-state index contributed by atoms with van der Waals surface area (Å²) in [6.45, 7) is 2.22. The summed E-state index contributed by atoms with van der Waals surface area (Å²) >= 11 is 5.81. The number of carbonyl (C=O) groups is 3. The van der Waals surface area contributed by atoms with Crippen molar-refractivity contribution in [1.29, 1.82) is 0 Å².